The van der Waals surface area contributed by atoms with Crippen LogP contribution in [0.5, 0.6) is 0 Å². The van der Waals surface area contributed by atoms with Crippen LogP contribution < -0.4 is 0 Å². The molecule has 4 aliphatic rings. The summed E-state index contributed by atoms with van der Waals surface area (Å²) in [6.07, 6.45) is 22.2. The minimum Gasteiger partial charge on any atom is -0.309 e. The molecule has 0 amide bonds. The smallest absolute Gasteiger partial charge is 0.0793 e. The second-order valence-electron chi connectivity index (χ2n) is 24.5. The predicted molar refractivity (Wildman–Crippen MR) is 272 cm³/mol. The minimum atomic E-state index is 0. The fourth-order valence-electron chi connectivity index (χ4n) is 12.8. The lowest BCUT2D eigenvalue weighted by Crippen LogP contribution is -2.62. The lowest BCUT2D eigenvalue weighted by molar-refractivity contribution is -0.314. The highest BCUT2D eigenvalue weighted by molar-refractivity contribution is 4.99. The van der Waals surface area contributed by atoms with Crippen molar-refractivity contribution < 1.29 is 14.5 Å². The zero-order valence-corrected chi connectivity index (χ0v) is 44.1. The Morgan fingerprint density at radius 2 is 0.774 bits per heavy atom. The summed E-state index contributed by atoms with van der Waals surface area (Å²) >= 11 is 0. The monoisotopic (exact) mass is 883 g/mol. The third-order valence-corrected chi connectivity index (χ3v) is 13.6. The van der Waals surface area contributed by atoms with Gasteiger partial charge in [0.2, 0.25) is 0 Å². The molecule has 3 saturated heterocycles. The third-order valence-electron chi connectivity index (χ3n) is 13.6. The fraction of sp³-hybridized carbons (Fsp3) is 1.00. The quantitative estimate of drug-likeness (QED) is 0.133. The van der Waals surface area contributed by atoms with Gasteiger partial charge in [0.05, 0.1) is 19.8 Å². The highest BCUT2D eigenvalue weighted by Crippen LogP contribution is 2.44. The molecule has 0 aromatic carbocycles. The van der Waals surface area contributed by atoms with Crippen molar-refractivity contribution in [2.75, 3.05) is 75.6 Å². The van der Waals surface area contributed by atoms with Gasteiger partial charge in [0.1, 0.15) is 0 Å². The van der Waals surface area contributed by atoms with Crippen LogP contribution in [0.4, 0.5) is 0 Å². The van der Waals surface area contributed by atoms with E-state index in [-0.39, 0.29) is 48.1 Å². The van der Waals surface area contributed by atoms with E-state index in [0.717, 1.165) is 24.4 Å². The van der Waals surface area contributed by atoms with Gasteiger partial charge in [0.15, 0.2) is 0 Å². The number of unbranched alkanes of at least 4 members (excludes halogenated alkanes) is 5. The lowest BCUT2D eigenvalue weighted by atomic mass is 9.75. The van der Waals surface area contributed by atoms with Gasteiger partial charge in [0, 0.05) is 52.9 Å². The van der Waals surface area contributed by atoms with Crippen LogP contribution in [0.15, 0.2) is 0 Å². The van der Waals surface area contributed by atoms with Gasteiger partial charge in [-0.2, -0.15) is 15.2 Å². The third kappa shape index (κ3) is 20.2. The van der Waals surface area contributed by atoms with Crippen molar-refractivity contribution in [1.82, 2.24) is 29.9 Å². The standard InChI is InChI=1S/C20H42N2O.C18H36N2O.C13H28N2O.2CH4/c1-8-9-10-11-12-13-14-23-22-19(2,3)15-18(17-21(6)7)16-20(22,4)5;1-17(2)12-15(14-19(5)6)13-18(3,4)20(17)21-16-10-8-7-9-11-16;1-12(2)8-11(10-14(5)6)9-13(3,4)15(12)16-7;;/h18H,8-17H2,1-7H3;15-16H,7-14H2,1-6H3;11H,8-10H2,1-7H3;2*1H4. The molecule has 9 nitrogen and oxygen atoms in total. The van der Waals surface area contributed by atoms with Crippen molar-refractivity contribution >= 4 is 0 Å². The van der Waals surface area contributed by atoms with E-state index in [1.165, 1.54) is 129 Å². The van der Waals surface area contributed by atoms with E-state index in [1.807, 2.05) is 0 Å². The van der Waals surface area contributed by atoms with E-state index in [1.54, 1.807) is 7.11 Å². The van der Waals surface area contributed by atoms with Crippen LogP contribution in [0.25, 0.3) is 0 Å². The van der Waals surface area contributed by atoms with Gasteiger partial charge >= 0.3 is 0 Å². The summed E-state index contributed by atoms with van der Waals surface area (Å²) in [5.41, 5.74) is 0.726. The molecule has 1 saturated carbocycles. The van der Waals surface area contributed by atoms with Crippen LogP contribution in [0.1, 0.15) is 214 Å². The molecule has 62 heavy (non-hydrogen) atoms. The van der Waals surface area contributed by atoms with Gasteiger partial charge in [-0.3, -0.25) is 9.68 Å². The summed E-state index contributed by atoms with van der Waals surface area (Å²) in [7, 11) is 14.8. The first-order valence-electron chi connectivity index (χ1n) is 24.8. The SMILES string of the molecule is C.C.CCCCCCCCON1C(C)(C)CC(CN(C)C)CC1(C)C.CN(C)CC1CC(C)(C)N(OC2CCCCC2)C(C)(C)C1.CON1C(C)(C)CC(CN(C)C)CC1(C)C. The van der Waals surface area contributed by atoms with Gasteiger partial charge in [-0.1, -0.05) is 73.1 Å². The molecule has 0 spiro atoms. The van der Waals surface area contributed by atoms with E-state index < -0.39 is 0 Å². The maximum atomic E-state index is 6.54. The number of rotatable bonds is 17. The highest BCUT2D eigenvalue weighted by atomic mass is 16.7. The molecular formula is C53H114N6O3. The molecule has 4 fully saturated rings. The molecule has 3 aliphatic heterocycles. The van der Waals surface area contributed by atoms with Crippen LogP contribution >= 0.6 is 0 Å². The topological polar surface area (TPSA) is 47.1 Å². The zero-order chi connectivity index (χ0) is 45.7. The minimum absolute atomic E-state index is 0. The second-order valence-corrected chi connectivity index (χ2v) is 24.5. The van der Waals surface area contributed by atoms with Crippen molar-refractivity contribution in [3.8, 4) is 0 Å². The van der Waals surface area contributed by atoms with Crippen LogP contribution in [0.3, 0.4) is 0 Å². The maximum Gasteiger partial charge on any atom is 0.0793 e. The molecule has 374 valence electrons. The van der Waals surface area contributed by atoms with Crippen molar-refractivity contribution in [3.63, 3.8) is 0 Å². The molecule has 0 bridgehead atoms. The Balaban J connectivity index is 0.000000899. The molecule has 0 unspecified atom stereocenters. The average molecular weight is 884 g/mol. The number of hydrogen-bond donors (Lipinski definition) is 0. The van der Waals surface area contributed by atoms with Crippen LogP contribution in [-0.2, 0) is 14.5 Å². The summed E-state index contributed by atoms with van der Waals surface area (Å²) in [4.78, 5) is 25.4. The number of hydroxylamine groups is 6. The van der Waals surface area contributed by atoms with Crippen LogP contribution in [0.2, 0.25) is 0 Å². The fourth-order valence-corrected chi connectivity index (χ4v) is 12.8. The van der Waals surface area contributed by atoms with E-state index in [9.17, 15) is 0 Å². The normalized spacial score (nSPS) is 24.4. The first-order valence-corrected chi connectivity index (χ1v) is 24.8. The van der Waals surface area contributed by atoms with Gasteiger partial charge in [-0.25, -0.2) is 0 Å². The Labute approximate surface area is 389 Å². The Hall–Kier alpha value is -0.360. The molecule has 0 aromatic heterocycles. The molecule has 1 aliphatic carbocycles. The van der Waals surface area contributed by atoms with Gasteiger partial charge in [-0.05, 0) is 201 Å². The maximum absolute atomic E-state index is 6.54. The number of hydrogen-bond acceptors (Lipinski definition) is 9. The lowest BCUT2D eigenvalue weighted by Gasteiger charge is -2.55. The van der Waals surface area contributed by atoms with Crippen LogP contribution in [0, 0.1) is 17.8 Å². The van der Waals surface area contributed by atoms with E-state index >= 15 is 0 Å². The average Bonchev–Trinajstić information content (AvgIpc) is 3.05. The van der Waals surface area contributed by atoms with E-state index in [0.29, 0.717) is 6.10 Å². The van der Waals surface area contributed by atoms with Crippen molar-refractivity contribution in [3.05, 3.63) is 0 Å². The largest absolute Gasteiger partial charge is 0.309 e. The van der Waals surface area contributed by atoms with E-state index in [2.05, 4.69) is 162 Å². The summed E-state index contributed by atoms with van der Waals surface area (Å²) < 4.78 is 0. The highest BCUT2D eigenvalue weighted by Gasteiger charge is 2.49. The first-order chi connectivity index (χ1) is 27.6. The molecule has 0 N–H and O–H groups in total. The molecule has 4 rings (SSSR count). The summed E-state index contributed by atoms with van der Waals surface area (Å²) in [5, 5.41) is 6.85. The molecule has 0 atom stereocenters. The van der Waals surface area contributed by atoms with E-state index in [4.69, 9.17) is 14.5 Å². The Morgan fingerprint density at radius 3 is 1.11 bits per heavy atom. The second kappa shape index (κ2) is 26.8. The summed E-state index contributed by atoms with van der Waals surface area (Å²) in [5.74, 6) is 2.27. The first kappa shape index (κ1) is 61.6. The number of nitrogens with zero attached hydrogens (tertiary/aromatic N) is 6. The Morgan fingerprint density at radius 1 is 0.452 bits per heavy atom. The summed E-state index contributed by atoms with van der Waals surface area (Å²) in [6, 6.07) is 0. The van der Waals surface area contributed by atoms with Gasteiger partial charge in [0.25, 0.3) is 0 Å². The predicted octanol–water partition coefficient (Wildman–Crippen LogP) is 12.8. The summed E-state index contributed by atoms with van der Waals surface area (Å²) in [6.45, 7) is 34.6. The molecule has 3 heterocycles. The Kier molecular flexibility index (Phi) is 26.7. The molecule has 0 radical (unpaired) electrons. The molecule has 9 heteroatoms. The number of piperidine rings is 3. The zero-order valence-electron chi connectivity index (χ0n) is 44.1. The van der Waals surface area contributed by atoms with Crippen molar-refractivity contribution in [1.29, 1.82) is 0 Å². The Bertz CT molecular complexity index is 1120. The van der Waals surface area contributed by atoms with Gasteiger partial charge < -0.3 is 19.5 Å². The van der Waals surface area contributed by atoms with Crippen molar-refractivity contribution in [2.24, 2.45) is 17.8 Å². The molecule has 0 aromatic rings. The van der Waals surface area contributed by atoms with Crippen molar-refractivity contribution in [2.45, 2.75) is 253 Å². The van der Waals surface area contributed by atoms with Crippen LogP contribution in [-0.4, -0.2) is 145 Å². The van der Waals surface area contributed by atoms with Gasteiger partial charge in [-0.15, -0.1) is 0 Å². The molecular weight excluding hydrogens is 769 g/mol.